The van der Waals surface area contributed by atoms with Crippen LogP contribution in [0.2, 0.25) is 0 Å². The Balaban J connectivity index is 0.00000200. The second-order valence-electron chi connectivity index (χ2n) is 5.24. The van der Waals surface area contributed by atoms with E-state index in [0.717, 1.165) is 36.7 Å². The normalized spacial score (nSPS) is 18.6. The fraction of sp³-hybridized carbons (Fsp3) is 0.692. The maximum Gasteiger partial charge on any atom is 0.238 e. The van der Waals surface area contributed by atoms with E-state index in [9.17, 15) is 4.79 Å². The largest absolute Gasteiger partial charge is 0.322 e. The molecule has 2 heterocycles. The number of hydrogen-bond acceptors (Lipinski definition) is 4. The Bertz CT molecular complexity index is 477. The Labute approximate surface area is 138 Å². The summed E-state index contributed by atoms with van der Waals surface area (Å²) in [6, 6.07) is 0.399. The lowest BCUT2D eigenvalue weighted by molar-refractivity contribution is -0.118. The van der Waals surface area contributed by atoms with E-state index in [1.54, 1.807) is 4.68 Å². The molecule has 1 aliphatic heterocycles. The topological polar surface area (TPSA) is 62.2 Å². The van der Waals surface area contributed by atoms with E-state index < -0.39 is 0 Å². The minimum atomic E-state index is 0. The van der Waals surface area contributed by atoms with Crippen molar-refractivity contribution in [1.29, 1.82) is 0 Å². The molecule has 1 amide bonds. The molecule has 6 nitrogen and oxygen atoms in total. The molecule has 0 aromatic carbocycles. The lowest BCUT2D eigenvalue weighted by atomic mass is 10.2. The molecule has 2 N–H and O–H groups in total. The summed E-state index contributed by atoms with van der Waals surface area (Å²) in [5, 5.41) is 10.6. The monoisotopic (exact) mass is 337 g/mol. The maximum absolute atomic E-state index is 12.1. The smallest absolute Gasteiger partial charge is 0.238 e. The Morgan fingerprint density at radius 2 is 2.10 bits per heavy atom. The first kappa shape index (κ1) is 20.2. The highest BCUT2D eigenvalue weighted by Gasteiger charge is 2.21. The number of piperazine rings is 1. The van der Waals surface area contributed by atoms with Gasteiger partial charge in [-0.1, -0.05) is 0 Å². The van der Waals surface area contributed by atoms with Crippen molar-refractivity contribution in [2.24, 2.45) is 7.05 Å². The molecule has 1 aliphatic rings. The van der Waals surface area contributed by atoms with Crippen LogP contribution in [0.15, 0.2) is 0 Å². The highest BCUT2D eigenvalue weighted by atomic mass is 35.5. The van der Waals surface area contributed by atoms with Crippen molar-refractivity contribution >= 4 is 36.4 Å². The molecule has 2 rings (SSSR count). The minimum absolute atomic E-state index is 0. The number of carbonyl (C=O) groups is 1. The number of hydrogen-bond donors (Lipinski definition) is 2. The van der Waals surface area contributed by atoms with Crippen LogP contribution in [0.1, 0.15) is 18.3 Å². The Morgan fingerprint density at radius 1 is 1.43 bits per heavy atom. The third-order valence-corrected chi connectivity index (χ3v) is 3.76. The van der Waals surface area contributed by atoms with Gasteiger partial charge in [-0.2, -0.15) is 5.10 Å². The van der Waals surface area contributed by atoms with Crippen LogP contribution >= 0.6 is 24.8 Å². The van der Waals surface area contributed by atoms with Crippen LogP contribution in [-0.2, 0) is 11.8 Å². The summed E-state index contributed by atoms with van der Waals surface area (Å²) in [4.78, 5) is 14.3. The lowest BCUT2D eigenvalue weighted by Crippen LogP contribution is -2.52. The van der Waals surface area contributed by atoms with Gasteiger partial charge in [-0.3, -0.25) is 14.4 Å². The number of anilines is 1. The maximum atomic E-state index is 12.1. The number of amides is 1. The van der Waals surface area contributed by atoms with Gasteiger partial charge in [0.25, 0.3) is 0 Å². The number of nitrogens with one attached hydrogen (secondary N) is 2. The van der Waals surface area contributed by atoms with Crippen molar-refractivity contribution in [3.05, 3.63) is 11.4 Å². The zero-order chi connectivity index (χ0) is 14.0. The van der Waals surface area contributed by atoms with Gasteiger partial charge < -0.3 is 10.6 Å². The molecule has 1 aromatic rings. The van der Waals surface area contributed by atoms with Gasteiger partial charge >= 0.3 is 0 Å². The predicted octanol–water partition coefficient (Wildman–Crippen LogP) is 1.11. The van der Waals surface area contributed by atoms with Gasteiger partial charge in [0.05, 0.1) is 23.6 Å². The van der Waals surface area contributed by atoms with Crippen LogP contribution in [0.5, 0.6) is 0 Å². The molecular weight excluding hydrogens is 313 g/mol. The summed E-state index contributed by atoms with van der Waals surface area (Å²) in [5.74, 6) is 0.0351. The molecule has 21 heavy (non-hydrogen) atoms. The molecule has 1 saturated heterocycles. The second-order valence-corrected chi connectivity index (χ2v) is 5.24. The third-order valence-electron chi connectivity index (χ3n) is 3.76. The molecule has 0 saturated carbocycles. The van der Waals surface area contributed by atoms with E-state index in [2.05, 4.69) is 27.6 Å². The van der Waals surface area contributed by atoms with Gasteiger partial charge in [0, 0.05) is 32.7 Å². The van der Waals surface area contributed by atoms with Crippen molar-refractivity contribution in [2.45, 2.75) is 26.8 Å². The average Bonchev–Trinajstić information content (AvgIpc) is 2.59. The summed E-state index contributed by atoms with van der Waals surface area (Å²) in [7, 11) is 1.89. The molecule has 0 bridgehead atoms. The molecule has 0 spiro atoms. The first-order valence-corrected chi connectivity index (χ1v) is 6.74. The first-order valence-electron chi connectivity index (χ1n) is 6.74. The Kier molecular flexibility index (Phi) is 8.25. The van der Waals surface area contributed by atoms with Gasteiger partial charge in [0.15, 0.2) is 0 Å². The van der Waals surface area contributed by atoms with Gasteiger partial charge in [-0.15, -0.1) is 24.8 Å². The van der Waals surface area contributed by atoms with E-state index in [4.69, 9.17) is 0 Å². The molecule has 0 unspecified atom stereocenters. The van der Waals surface area contributed by atoms with Crippen molar-refractivity contribution in [1.82, 2.24) is 20.0 Å². The van der Waals surface area contributed by atoms with Crippen LogP contribution in [0, 0.1) is 13.8 Å². The highest BCUT2D eigenvalue weighted by Crippen LogP contribution is 2.18. The quantitative estimate of drug-likeness (QED) is 0.867. The van der Waals surface area contributed by atoms with Crippen molar-refractivity contribution in [3.63, 3.8) is 0 Å². The van der Waals surface area contributed by atoms with E-state index >= 15 is 0 Å². The average molecular weight is 338 g/mol. The van der Waals surface area contributed by atoms with E-state index in [1.807, 2.05) is 20.9 Å². The number of rotatable bonds is 3. The molecule has 1 fully saturated rings. The van der Waals surface area contributed by atoms with Gasteiger partial charge in [0.2, 0.25) is 5.91 Å². The third kappa shape index (κ3) is 4.85. The number of halogens is 2. The summed E-state index contributed by atoms with van der Waals surface area (Å²) < 4.78 is 1.79. The van der Waals surface area contributed by atoms with E-state index in [1.165, 1.54) is 0 Å². The summed E-state index contributed by atoms with van der Waals surface area (Å²) in [6.45, 7) is 9.26. The zero-order valence-electron chi connectivity index (χ0n) is 13.0. The predicted molar refractivity (Wildman–Crippen MR) is 89.7 cm³/mol. The second kappa shape index (κ2) is 8.58. The Hall–Kier alpha value is -0.820. The van der Waals surface area contributed by atoms with Crippen LogP contribution < -0.4 is 10.6 Å². The number of carbonyl (C=O) groups excluding carboxylic acids is 1. The fourth-order valence-electron chi connectivity index (χ4n) is 2.44. The SMILES string of the molecule is Cc1nn(C)c(C)c1NC(=O)CN1CCNC[C@H]1C.Cl.Cl. The molecular formula is C13H25Cl2N5O. The van der Waals surface area contributed by atoms with Crippen molar-refractivity contribution in [3.8, 4) is 0 Å². The standard InChI is InChI=1S/C13H23N5O.2ClH/c1-9-7-14-5-6-18(9)8-12(19)15-13-10(2)16-17(4)11(13)3;;/h9,14H,5-8H2,1-4H3,(H,15,19);2*1H/t9-;;/m1../s1. The summed E-state index contributed by atoms with van der Waals surface area (Å²) in [5.41, 5.74) is 2.69. The van der Waals surface area contributed by atoms with E-state index in [-0.39, 0.29) is 30.7 Å². The molecule has 8 heteroatoms. The number of aromatic nitrogens is 2. The van der Waals surface area contributed by atoms with Gasteiger partial charge in [-0.25, -0.2) is 0 Å². The highest BCUT2D eigenvalue weighted by molar-refractivity contribution is 5.93. The lowest BCUT2D eigenvalue weighted by Gasteiger charge is -2.33. The van der Waals surface area contributed by atoms with E-state index in [0.29, 0.717) is 12.6 Å². The molecule has 0 radical (unpaired) electrons. The van der Waals surface area contributed by atoms with Crippen molar-refractivity contribution in [2.75, 3.05) is 31.5 Å². The first-order chi connectivity index (χ1) is 8.99. The van der Waals surface area contributed by atoms with Crippen LogP contribution in [0.25, 0.3) is 0 Å². The van der Waals surface area contributed by atoms with Crippen LogP contribution in [0.3, 0.4) is 0 Å². The summed E-state index contributed by atoms with van der Waals surface area (Å²) in [6.07, 6.45) is 0. The Morgan fingerprint density at radius 3 is 2.62 bits per heavy atom. The number of aryl methyl sites for hydroxylation is 2. The minimum Gasteiger partial charge on any atom is -0.322 e. The number of nitrogens with zero attached hydrogens (tertiary/aromatic N) is 3. The molecule has 122 valence electrons. The van der Waals surface area contributed by atoms with Crippen LogP contribution in [0.4, 0.5) is 5.69 Å². The van der Waals surface area contributed by atoms with Gasteiger partial charge in [-0.05, 0) is 20.8 Å². The molecule has 0 aliphatic carbocycles. The van der Waals surface area contributed by atoms with Gasteiger partial charge in [0.1, 0.15) is 0 Å². The molecule has 1 aromatic heterocycles. The van der Waals surface area contributed by atoms with Crippen molar-refractivity contribution < 1.29 is 4.79 Å². The fourth-order valence-corrected chi connectivity index (χ4v) is 2.44. The zero-order valence-corrected chi connectivity index (χ0v) is 14.6. The summed E-state index contributed by atoms with van der Waals surface area (Å²) >= 11 is 0. The molecule has 1 atom stereocenters. The van der Waals surface area contributed by atoms with Crippen LogP contribution in [-0.4, -0.2) is 52.8 Å².